The summed E-state index contributed by atoms with van der Waals surface area (Å²) >= 11 is 0. The summed E-state index contributed by atoms with van der Waals surface area (Å²) in [6.45, 7) is 3.42. The van der Waals surface area contributed by atoms with Crippen LogP contribution >= 0.6 is 0 Å². The zero-order valence-corrected chi connectivity index (χ0v) is 12.1. The Hall–Kier alpha value is -1.26. The lowest BCUT2D eigenvalue weighted by Gasteiger charge is -2.16. The smallest absolute Gasteiger partial charge is 0.164 e. The Kier molecular flexibility index (Phi) is 7.30. The van der Waals surface area contributed by atoms with E-state index in [1.165, 1.54) is 0 Å². The van der Waals surface area contributed by atoms with Gasteiger partial charge in [0.1, 0.15) is 0 Å². The molecule has 0 heterocycles. The Morgan fingerprint density at radius 2 is 1.89 bits per heavy atom. The van der Waals surface area contributed by atoms with E-state index < -0.39 is 0 Å². The molecular formula is C15H25NO3. The van der Waals surface area contributed by atoms with Gasteiger partial charge >= 0.3 is 0 Å². The maximum Gasteiger partial charge on any atom is 0.164 e. The van der Waals surface area contributed by atoms with Crippen molar-refractivity contribution in [1.82, 2.24) is 0 Å². The molecule has 1 rings (SSSR count). The second-order valence-electron chi connectivity index (χ2n) is 4.68. The summed E-state index contributed by atoms with van der Waals surface area (Å²) in [6, 6.07) is 6.02. The molecule has 4 nitrogen and oxygen atoms in total. The van der Waals surface area contributed by atoms with Crippen LogP contribution in [0.2, 0.25) is 0 Å². The van der Waals surface area contributed by atoms with E-state index in [0.29, 0.717) is 6.61 Å². The summed E-state index contributed by atoms with van der Waals surface area (Å²) in [7, 11) is 3.37. The van der Waals surface area contributed by atoms with Gasteiger partial charge in [0.2, 0.25) is 0 Å². The third kappa shape index (κ3) is 5.49. The molecular weight excluding hydrogens is 242 g/mol. The lowest BCUT2D eigenvalue weighted by molar-refractivity contribution is 0.183. The average molecular weight is 267 g/mol. The van der Waals surface area contributed by atoms with Gasteiger partial charge in [0.15, 0.2) is 11.5 Å². The molecule has 0 saturated heterocycles. The van der Waals surface area contributed by atoms with Crippen molar-refractivity contribution in [1.29, 1.82) is 0 Å². The first-order chi connectivity index (χ1) is 9.19. The molecule has 0 saturated carbocycles. The van der Waals surface area contributed by atoms with Crippen molar-refractivity contribution in [3.05, 3.63) is 23.8 Å². The Morgan fingerprint density at radius 1 is 1.16 bits per heavy atom. The third-order valence-electron chi connectivity index (χ3n) is 2.81. The largest absolute Gasteiger partial charge is 0.493 e. The number of hydrogen-bond donors (Lipinski definition) is 1. The van der Waals surface area contributed by atoms with Crippen molar-refractivity contribution in [2.75, 3.05) is 27.4 Å². The number of nitrogens with two attached hydrogens (primary N) is 1. The number of methoxy groups -OCH3 is 2. The van der Waals surface area contributed by atoms with E-state index in [1.807, 2.05) is 25.1 Å². The van der Waals surface area contributed by atoms with Gasteiger partial charge in [-0.1, -0.05) is 12.1 Å². The quantitative estimate of drug-likeness (QED) is 0.698. The van der Waals surface area contributed by atoms with Crippen LogP contribution in [0.15, 0.2) is 18.2 Å². The summed E-state index contributed by atoms with van der Waals surface area (Å²) in [4.78, 5) is 0. The summed E-state index contributed by atoms with van der Waals surface area (Å²) in [5.41, 5.74) is 6.96. The molecule has 2 N–H and O–H groups in total. The summed E-state index contributed by atoms with van der Waals surface area (Å²) in [5, 5.41) is 0. The second-order valence-corrected chi connectivity index (χ2v) is 4.68. The predicted octanol–water partition coefficient (Wildman–Crippen LogP) is 2.39. The van der Waals surface area contributed by atoms with Gasteiger partial charge in [-0.15, -0.1) is 0 Å². The number of unbranched alkanes of at least 4 members (excludes halogenated alkanes) is 1. The summed E-state index contributed by atoms with van der Waals surface area (Å²) in [5.74, 6) is 1.59. The monoisotopic (exact) mass is 267 g/mol. The lowest BCUT2D eigenvalue weighted by atomic mass is 10.1. The fourth-order valence-corrected chi connectivity index (χ4v) is 1.92. The topological polar surface area (TPSA) is 53.7 Å². The molecule has 0 aromatic heterocycles. The van der Waals surface area contributed by atoms with E-state index >= 15 is 0 Å². The fraction of sp³-hybridized carbons (Fsp3) is 0.600. The van der Waals surface area contributed by atoms with E-state index in [9.17, 15) is 0 Å². The van der Waals surface area contributed by atoms with Crippen LogP contribution in [0.5, 0.6) is 11.5 Å². The highest BCUT2D eigenvalue weighted by molar-refractivity contribution is 5.47. The second kappa shape index (κ2) is 8.77. The van der Waals surface area contributed by atoms with Crippen molar-refractivity contribution in [3.63, 3.8) is 0 Å². The highest BCUT2D eigenvalue weighted by atomic mass is 16.5. The van der Waals surface area contributed by atoms with Gasteiger partial charge in [-0.25, -0.2) is 0 Å². The van der Waals surface area contributed by atoms with Crippen molar-refractivity contribution in [2.24, 2.45) is 5.73 Å². The van der Waals surface area contributed by atoms with Crippen LogP contribution in [-0.2, 0) is 11.2 Å². The normalized spacial score (nSPS) is 12.2. The van der Waals surface area contributed by atoms with Crippen LogP contribution in [0.25, 0.3) is 0 Å². The molecule has 1 unspecified atom stereocenters. The van der Waals surface area contributed by atoms with Gasteiger partial charge in [-0.3, -0.25) is 0 Å². The van der Waals surface area contributed by atoms with Crippen molar-refractivity contribution in [3.8, 4) is 11.5 Å². The molecule has 0 aliphatic carbocycles. The van der Waals surface area contributed by atoms with E-state index in [0.717, 1.165) is 42.9 Å². The molecule has 1 aromatic carbocycles. The molecule has 0 aliphatic heterocycles. The Bertz CT molecular complexity index is 366. The van der Waals surface area contributed by atoms with E-state index in [1.54, 1.807) is 14.2 Å². The first-order valence-electron chi connectivity index (χ1n) is 6.72. The Labute approximate surface area is 115 Å². The molecule has 0 fully saturated rings. The first kappa shape index (κ1) is 15.8. The molecule has 0 aliphatic rings. The Morgan fingerprint density at radius 3 is 2.53 bits per heavy atom. The number of ether oxygens (including phenoxy) is 3. The molecule has 4 heteroatoms. The molecule has 0 amide bonds. The van der Waals surface area contributed by atoms with Crippen LogP contribution < -0.4 is 15.2 Å². The molecule has 0 spiro atoms. The van der Waals surface area contributed by atoms with Gasteiger partial charge < -0.3 is 19.9 Å². The maximum absolute atomic E-state index is 5.87. The van der Waals surface area contributed by atoms with Gasteiger partial charge in [-0.2, -0.15) is 0 Å². The van der Waals surface area contributed by atoms with Crippen LogP contribution in [-0.4, -0.2) is 33.5 Å². The molecule has 19 heavy (non-hydrogen) atoms. The van der Waals surface area contributed by atoms with Crippen LogP contribution in [0.3, 0.4) is 0 Å². The Balaban J connectivity index is 2.66. The zero-order valence-electron chi connectivity index (χ0n) is 12.1. The SMILES string of the molecule is COCCCCOc1c(CC(C)N)cccc1OC. The highest BCUT2D eigenvalue weighted by Gasteiger charge is 2.11. The van der Waals surface area contributed by atoms with Gasteiger partial charge in [-0.05, 0) is 37.8 Å². The van der Waals surface area contributed by atoms with Crippen molar-refractivity contribution in [2.45, 2.75) is 32.2 Å². The van der Waals surface area contributed by atoms with Gasteiger partial charge in [0.25, 0.3) is 0 Å². The van der Waals surface area contributed by atoms with E-state index in [4.69, 9.17) is 19.9 Å². The fourth-order valence-electron chi connectivity index (χ4n) is 1.92. The number of rotatable bonds is 9. The maximum atomic E-state index is 5.87. The zero-order chi connectivity index (χ0) is 14.1. The molecule has 108 valence electrons. The first-order valence-corrected chi connectivity index (χ1v) is 6.72. The summed E-state index contributed by atoms with van der Waals surface area (Å²) in [6.07, 6.45) is 2.74. The van der Waals surface area contributed by atoms with Crippen molar-refractivity contribution >= 4 is 0 Å². The van der Waals surface area contributed by atoms with Crippen molar-refractivity contribution < 1.29 is 14.2 Å². The molecule has 1 aromatic rings. The van der Waals surface area contributed by atoms with Crippen LogP contribution in [0.1, 0.15) is 25.3 Å². The standard InChI is InChI=1S/C15H25NO3/c1-12(16)11-13-7-6-8-14(18-3)15(13)19-10-5-4-9-17-2/h6-8,12H,4-5,9-11,16H2,1-3H3. The minimum Gasteiger partial charge on any atom is -0.493 e. The van der Waals surface area contributed by atoms with Crippen LogP contribution in [0, 0.1) is 0 Å². The van der Waals surface area contributed by atoms with E-state index in [-0.39, 0.29) is 6.04 Å². The number of benzene rings is 1. The predicted molar refractivity (Wildman–Crippen MR) is 77.0 cm³/mol. The number of hydrogen-bond acceptors (Lipinski definition) is 4. The van der Waals surface area contributed by atoms with Crippen LogP contribution in [0.4, 0.5) is 0 Å². The minimum absolute atomic E-state index is 0.1000. The molecule has 0 bridgehead atoms. The molecule has 0 radical (unpaired) electrons. The van der Waals surface area contributed by atoms with Gasteiger partial charge in [0, 0.05) is 19.8 Å². The number of para-hydroxylation sites is 1. The average Bonchev–Trinajstić information content (AvgIpc) is 2.39. The van der Waals surface area contributed by atoms with E-state index in [2.05, 4.69) is 0 Å². The summed E-state index contributed by atoms with van der Waals surface area (Å²) < 4.78 is 16.2. The van der Waals surface area contributed by atoms with Gasteiger partial charge in [0.05, 0.1) is 13.7 Å². The lowest BCUT2D eigenvalue weighted by Crippen LogP contribution is -2.18. The minimum atomic E-state index is 0.1000. The third-order valence-corrected chi connectivity index (χ3v) is 2.81. The molecule has 1 atom stereocenters. The highest BCUT2D eigenvalue weighted by Crippen LogP contribution is 2.31.